The van der Waals surface area contributed by atoms with Crippen LogP contribution in [0.2, 0.25) is 0 Å². The summed E-state index contributed by atoms with van der Waals surface area (Å²) < 4.78 is 29.6. The van der Waals surface area contributed by atoms with E-state index in [0.717, 1.165) is 0 Å². The largest absolute Gasteiger partial charge is 0.506 e. The van der Waals surface area contributed by atoms with Crippen LogP contribution < -0.4 is 5.32 Å². The molecule has 1 heterocycles. The lowest BCUT2D eigenvalue weighted by Crippen LogP contribution is -2.51. The number of nitrogens with one attached hydrogen (secondary N) is 1. The minimum atomic E-state index is -3.24. The van der Waals surface area contributed by atoms with E-state index in [1.165, 1.54) is 0 Å². The zero-order valence-electron chi connectivity index (χ0n) is 11.1. The number of halogens is 4. The SMILES string of the molecule is OCC(F)(F)[C@H](c1cc(I)c(O)c(I)c1)N1CCNCC1. The van der Waals surface area contributed by atoms with Crippen LogP contribution in [0.25, 0.3) is 0 Å². The van der Waals surface area contributed by atoms with Crippen LogP contribution in [0.15, 0.2) is 12.1 Å². The Kier molecular flexibility index (Phi) is 6.02. The minimum Gasteiger partial charge on any atom is -0.506 e. The molecule has 0 bridgehead atoms. The molecule has 0 aliphatic carbocycles. The lowest BCUT2D eigenvalue weighted by molar-refractivity contribution is -0.118. The first-order valence-corrected chi connectivity index (χ1v) is 8.64. The van der Waals surface area contributed by atoms with Gasteiger partial charge in [-0.3, -0.25) is 4.90 Å². The van der Waals surface area contributed by atoms with Gasteiger partial charge in [0.25, 0.3) is 5.92 Å². The number of aliphatic hydroxyl groups excluding tert-OH is 1. The number of hydrogen-bond acceptors (Lipinski definition) is 4. The third kappa shape index (κ3) is 3.95. The van der Waals surface area contributed by atoms with Crippen LogP contribution in [0.1, 0.15) is 11.6 Å². The molecule has 3 N–H and O–H groups in total. The monoisotopic (exact) mass is 524 g/mol. The summed E-state index contributed by atoms with van der Waals surface area (Å²) in [6.45, 7) is 1.08. The molecular formula is C13H16F2I2N2O2. The van der Waals surface area contributed by atoms with Gasteiger partial charge in [-0.2, -0.15) is 0 Å². The summed E-state index contributed by atoms with van der Waals surface area (Å²) in [5.41, 5.74) is 0.419. The Hall–Kier alpha value is 0.220. The normalized spacial score (nSPS) is 18.7. The van der Waals surface area contributed by atoms with Crippen molar-refractivity contribution in [2.24, 2.45) is 0 Å². The number of phenolic OH excluding ortho intramolecular Hbond substituents is 1. The van der Waals surface area contributed by atoms with Crippen LogP contribution in [0.5, 0.6) is 5.75 Å². The molecule has 8 heteroatoms. The summed E-state index contributed by atoms with van der Waals surface area (Å²) in [6, 6.07) is 1.94. The number of hydrogen-bond donors (Lipinski definition) is 3. The number of piperazine rings is 1. The van der Waals surface area contributed by atoms with Gasteiger partial charge in [0.1, 0.15) is 18.4 Å². The third-order valence-corrected chi connectivity index (χ3v) is 5.13. The van der Waals surface area contributed by atoms with Crippen molar-refractivity contribution in [2.75, 3.05) is 32.8 Å². The average molecular weight is 524 g/mol. The van der Waals surface area contributed by atoms with Crippen molar-refractivity contribution in [3.05, 3.63) is 24.8 Å². The number of rotatable bonds is 4. The molecule has 1 aliphatic rings. The predicted molar refractivity (Wildman–Crippen MR) is 92.8 cm³/mol. The highest BCUT2D eigenvalue weighted by Crippen LogP contribution is 2.39. The molecule has 1 fully saturated rings. The summed E-state index contributed by atoms with van der Waals surface area (Å²) in [5, 5.41) is 22.0. The fraction of sp³-hybridized carbons (Fsp3) is 0.538. The summed E-state index contributed by atoms with van der Waals surface area (Å²) >= 11 is 3.85. The van der Waals surface area contributed by atoms with Gasteiger partial charge in [0, 0.05) is 26.2 Å². The molecule has 0 radical (unpaired) electrons. The van der Waals surface area contributed by atoms with E-state index >= 15 is 0 Å². The second-order valence-corrected chi connectivity index (χ2v) is 7.27. The van der Waals surface area contributed by atoms with Crippen LogP contribution in [0.3, 0.4) is 0 Å². The van der Waals surface area contributed by atoms with E-state index in [4.69, 9.17) is 5.11 Å². The maximum Gasteiger partial charge on any atom is 0.289 e. The average Bonchev–Trinajstić information content (AvgIpc) is 2.46. The van der Waals surface area contributed by atoms with Crippen LogP contribution >= 0.6 is 45.2 Å². The lowest BCUT2D eigenvalue weighted by atomic mass is 9.98. The van der Waals surface area contributed by atoms with E-state index in [2.05, 4.69) is 5.32 Å². The Morgan fingerprint density at radius 2 is 1.76 bits per heavy atom. The first-order valence-electron chi connectivity index (χ1n) is 6.48. The summed E-state index contributed by atoms with van der Waals surface area (Å²) in [5.74, 6) is -3.13. The predicted octanol–water partition coefficient (Wildman–Crippen LogP) is 2.18. The van der Waals surface area contributed by atoms with Crippen molar-refractivity contribution >= 4 is 45.2 Å². The fourth-order valence-electron chi connectivity index (χ4n) is 2.49. The fourth-order valence-corrected chi connectivity index (χ4v) is 4.31. The van der Waals surface area contributed by atoms with Crippen molar-refractivity contribution in [2.45, 2.75) is 12.0 Å². The van der Waals surface area contributed by atoms with E-state index in [-0.39, 0.29) is 5.75 Å². The molecule has 0 amide bonds. The molecule has 1 aromatic rings. The Morgan fingerprint density at radius 1 is 1.24 bits per heavy atom. The van der Waals surface area contributed by atoms with E-state index in [1.807, 2.05) is 45.2 Å². The summed E-state index contributed by atoms with van der Waals surface area (Å²) in [4.78, 5) is 1.69. The lowest BCUT2D eigenvalue weighted by Gasteiger charge is -2.39. The smallest absolute Gasteiger partial charge is 0.289 e. The van der Waals surface area contributed by atoms with Gasteiger partial charge in [-0.25, -0.2) is 8.78 Å². The van der Waals surface area contributed by atoms with Crippen LogP contribution in [-0.2, 0) is 0 Å². The highest BCUT2D eigenvalue weighted by molar-refractivity contribution is 14.1. The molecule has 21 heavy (non-hydrogen) atoms. The molecule has 1 saturated heterocycles. The van der Waals surface area contributed by atoms with Gasteiger partial charge in [0.2, 0.25) is 0 Å². The highest BCUT2D eigenvalue weighted by atomic mass is 127. The topological polar surface area (TPSA) is 55.7 Å². The quantitative estimate of drug-likeness (QED) is 0.530. The van der Waals surface area contributed by atoms with E-state index in [0.29, 0.717) is 38.9 Å². The molecule has 1 atom stereocenters. The molecule has 4 nitrogen and oxygen atoms in total. The molecule has 118 valence electrons. The van der Waals surface area contributed by atoms with Gasteiger partial charge in [-0.15, -0.1) is 0 Å². The Morgan fingerprint density at radius 3 is 2.24 bits per heavy atom. The molecular weight excluding hydrogens is 508 g/mol. The van der Waals surface area contributed by atoms with E-state index in [1.54, 1.807) is 17.0 Å². The van der Waals surface area contributed by atoms with Gasteiger partial charge in [0.05, 0.1) is 7.14 Å². The number of aromatic hydroxyl groups is 1. The Bertz CT molecular complexity index is 488. The number of nitrogens with zero attached hydrogens (tertiary/aromatic N) is 1. The molecule has 1 aromatic carbocycles. The molecule has 1 aliphatic heterocycles. The van der Waals surface area contributed by atoms with Gasteiger partial charge in [0.15, 0.2) is 0 Å². The minimum absolute atomic E-state index is 0.103. The molecule has 0 spiro atoms. The summed E-state index contributed by atoms with van der Waals surface area (Å²) in [7, 11) is 0. The van der Waals surface area contributed by atoms with Gasteiger partial charge < -0.3 is 15.5 Å². The van der Waals surface area contributed by atoms with Crippen LogP contribution in [-0.4, -0.2) is 53.8 Å². The second-order valence-electron chi connectivity index (χ2n) is 4.94. The summed E-state index contributed by atoms with van der Waals surface area (Å²) in [6.07, 6.45) is 0. The van der Waals surface area contributed by atoms with Crippen molar-refractivity contribution in [1.29, 1.82) is 0 Å². The third-order valence-electron chi connectivity index (χ3n) is 3.48. The van der Waals surface area contributed by atoms with E-state index in [9.17, 15) is 13.9 Å². The van der Waals surface area contributed by atoms with Gasteiger partial charge >= 0.3 is 0 Å². The number of aliphatic hydroxyl groups is 1. The van der Waals surface area contributed by atoms with E-state index < -0.39 is 18.6 Å². The molecule has 2 rings (SSSR count). The number of phenols is 1. The van der Waals surface area contributed by atoms with Crippen molar-refractivity contribution < 1.29 is 19.0 Å². The number of benzene rings is 1. The standard InChI is InChI=1S/C13H16F2I2N2O2/c14-13(15,7-20)12(19-3-1-18-2-4-19)8-5-9(16)11(21)10(17)6-8/h5-6,12,18,20-21H,1-4,7H2/t12-/m0/s1. The maximum absolute atomic E-state index is 14.3. The molecule has 0 saturated carbocycles. The van der Waals surface area contributed by atoms with Crippen molar-refractivity contribution in [3.63, 3.8) is 0 Å². The maximum atomic E-state index is 14.3. The van der Waals surface area contributed by atoms with Gasteiger partial charge in [-0.05, 0) is 62.9 Å². The second kappa shape index (κ2) is 7.20. The van der Waals surface area contributed by atoms with Crippen molar-refractivity contribution in [1.82, 2.24) is 10.2 Å². The zero-order chi connectivity index (χ0) is 15.6. The van der Waals surface area contributed by atoms with Crippen LogP contribution in [0, 0.1) is 7.14 Å². The Labute approximate surface area is 149 Å². The Balaban J connectivity index is 2.44. The zero-order valence-corrected chi connectivity index (χ0v) is 15.4. The first kappa shape index (κ1) is 17.6. The number of alkyl halides is 2. The highest BCUT2D eigenvalue weighted by Gasteiger charge is 2.44. The molecule has 0 unspecified atom stereocenters. The van der Waals surface area contributed by atoms with Gasteiger partial charge in [-0.1, -0.05) is 0 Å². The molecule has 0 aromatic heterocycles. The first-order chi connectivity index (χ1) is 9.86. The van der Waals surface area contributed by atoms with Crippen LogP contribution in [0.4, 0.5) is 8.78 Å². The van der Waals surface area contributed by atoms with Crippen molar-refractivity contribution in [3.8, 4) is 5.75 Å².